The second kappa shape index (κ2) is 13.4. The maximum Gasteiger partial charge on any atom is 0.143 e. The summed E-state index contributed by atoms with van der Waals surface area (Å²) in [5.74, 6) is 0. The molecule has 2 heterocycles. The first-order valence-corrected chi connectivity index (χ1v) is 21.8. The van der Waals surface area contributed by atoms with Crippen LogP contribution in [0.4, 0.5) is 34.1 Å². The van der Waals surface area contributed by atoms with Gasteiger partial charge in [0.25, 0.3) is 0 Å². The van der Waals surface area contributed by atoms with Gasteiger partial charge in [0.15, 0.2) is 0 Å². The number of para-hydroxylation sites is 2. The Morgan fingerprint density at radius 2 is 0.609 bits per heavy atom. The Kier molecular flexibility index (Phi) is 7.36. The number of nitrogens with zero attached hydrogens (tertiary/aromatic N) is 2. The molecule has 0 bridgehead atoms. The molecule has 0 unspecified atom stereocenters. The monoisotopic (exact) mass is 816 g/mol. The van der Waals surface area contributed by atoms with E-state index in [0.717, 1.165) is 99.5 Å². The summed E-state index contributed by atoms with van der Waals surface area (Å²) in [7, 11) is 0. The average molecular weight is 817 g/mol. The highest BCUT2D eigenvalue weighted by atomic mass is 16.3. The molecule has 14 aromatic rings. The van der Waals surface area contributed by atoms with Crippen molar-refractivity contribution in [1.82, 2.24) is 0 Å². The molecule has 0 aliphatic rings. The molecule has 0 atom stereocenters. The van der Waals surface area contributed by atoms with E-state index < -0.39 is 0 Å². The van der Waals surface area contributed by atoms with Crippen molar-refractivity contribution in [3.63, 3.8) is 0 Å². The number of hydrogen-bond donors (Lipinski definition) is 0. The number of rotatable bonds is 6. The van der Waals surface area contributed by atoms with Crippen molar-refractivity contribution < 1.29 is 8.83 Å². The van der Waals surface area contributed by atoms with Crippen LogP contribution in [0.3, 0.4) is 0 Å². The third kappa shape index (κ3) is 5.11. The zero-order valence-corrected chi connectivity index (χ0v) is 34.5. The molecule has 0 saturated carbocycles. The molecule has 0 N–H and O–H groups in total. The van der Waals surface area contributed by atoms with Crippen LogP contribution in [0.2, 0.25) is 0 Å². The Bertz CT molecular complexity index is 3880. The predicted molar refractivity (Wildman–Crippen MR) is 269 cm³/mol. The van der Waals surface area contributed by atoms with E-state index in [2.05, 4.69) is 228 Å². The topological polar surface area (TPSA) is 32.8 Å². The molecule has 0 spiro atoms. The number of fused-ring (bicyclic) bond motifs is 12. The van der Waals surface area contributed by atoms with E-state index in [1.165, 1.54) is 32.3 Å². The van der Waals surface area contributed by atoms with Crippen molar-refractivity contribution in [1.29, 1.82) is 0 Å². The lowest BCUT2D eigenvalue weighted by atomic mass is 9.89. The van der Waals surface area contributed by atoms with Crippen molar-refractivity contribution >= 4 is 132 Å². The van der Waals surface area contributed by atoms with Crippen molar-refractivity contribution in [2.45, 2.75) is 0 Å². The van der Waals surface area contributed by atoms with E-state index in [1.807, 2.05) is 0 Å². The van der Waals surface area contributed by atoms with Gasteiger partial charge in [-0.3, -0.25) is 0 Å². The summed E-state index contributed by atoms with van der Waals surface area (Å²) in [6, 6.07) is 78.2. The molecule has 0 aliphatic heterocycles. The summed E-state index contributed by atoms with van der Waals surface area (Å²) in [6.45, 7) is 0. The van der Waals surface area contributed by atoms with E-state index in [-0.39, 0.29) is 0 Å². The number of furan rings is 2. The SMILES string of the molecule is c1ccc(N(c2ccc3ccccc3c2)c2ccc3c(c2)oc2c4cccc5c6c7ccc(N(c8ccccc8)c8ccc9ccccc9c8)cc7oc6c6cccc(c32)c6c45)cc1. The van der Waals surface area contributed by atoms with Crippen LogP contribution >= 0.6 is 0 Å². The fraction of sp³-hybridized carbons (Fsp3) is 0. The number of hydrogen-bond acceptors (Lipinski definition) is 4. The lowest BCUT2D eigenvalue weighted by Crippen LogP contribution is -2.09. The third-order valence-corrected chi connectivity index (χ3v) is 13.3. The molecule has 0 radical (unpaired) electrons. The summed E-state index contributed by atoms with van der Waals surface area (Å²) in [5.41, 5.74) is 9.90. The van der Waals surface area contributed by atoms with Crippen LogP contribution in [0.25, 0.3) is 97.7 Å². The summed E-state index contributed by atoms with van der Waals surface area (Å²) < 4.78 is 14.2. The maximum atomic E-state index is 7.08. The van der Waals surface area contributed by atoms with Gasteiger partial charge in [0.05, 0.1) is 0 Å². The van der Waals surface area contributed by atoms with E-state index in [1.54, 1.807) is 0 Å². The van der Waals surface area contributed by atoms with Crippen molar-refractivity contribution in [3.05, 3.63) is 218 Å². The number of anilines is 6. The average Bonchev–Trinajstić information content (AvgIpc) is 3.94. The molecule has 298 valence electrons. The predicted octanol–water partition coefficient (Wildman–Crippen LogP) is 17.6. The highest BCUT2D eigenvalue weighted by Crippen LogP contribution is 2.51. The van der Waals surface area contributed by atoms with Gasteiger partial charge in [-0.2, -0.15) is 0 Å². The summed E-state index contributed by atoms with van der Waals surface area (Å²) >= 11 is 0. The molecule has 14 rings (SSSR count). The maximum absolute atomic E-state index is 7.08. The Morgan fingerprint density at radius 1 is 0.234 bits per heavy atom. The van der Waals surface area contributed by atoms with Crippen LogP contribution in [0.1, 0.15) is 0 Å². The molecule has 12 aromatic carbocycles. The molecule has 0 fully saturated rings. The molecular formula is C60H36N2O2. The van der Waals surface area contributed by atoms with Crippen molar-refractivity contribution in [2.75, 3.05) is 9.80 Å². The van der Waals surface area contributed by atoms with Gasteiger partial charge in [-0.1, -0.05) is 133 Å². The Balaban J connectivity index is 0.975. The minimum atomic E-state index is 0.849. The van der Waals surface area contributed by atoms with Crippen LogP contribution in [-0.2, 0) is 0 Å². The molecule has 4 heteroatoms. The molecular weight excluding hydrogens is 781 g/mol. The largest absolute Gasteiger partial charge is 0.455 e. The lowest BCUT2D eigenvalue weighted by molar-refractivity contribution is 0.672. The second-order valence-corrected chi connectivity index (χ2v) is 16.8. The van der Waals surface area contributed by atoms with E-state index in [9.17, 15) is 0 Å². The van der Waals surface area contributed by atoms with Gasteiger partial charge in [0.1, 0.15) is 22.3 Å². The van der Waals surface area contributed by atoms with Crippen LogP contribution in [0.15, 0.2) is 227 Å². The summed E-state index contributed by atoms with van der Waals surface area (Å²) in [5, 5.41) is 16.2. The summed E-state index contributed by atoms with van der Waals surface area (Å²) in [4.78, 5) is 4.63. The van der Waals surface area contributed by atoms with E-state index in [0.29, 0.717) is 0 Å². The fourth-order valence-corrected chi connectivity index (χ4v) is 10.5. The second-order valence-electron chi connectivity index (χ2n) is 16.8. The van der Waals surface area contributed by atoms with Gasteiger partial charge >= 0.3 is 0 Å². The molecule has 0 amide bonds. The van der Waals surface area contributed by atoms with E-state index >= 15 is 0 Å². The van der Waals surface area contributed by atoms with Crippen molar-refractivity contribution in [2.24, 2.45) is 0 Å². The zero-order chi connectivity index (χ0) is 41.9. The lowest BCUT2D eigenvalue weighted by Gasteiger charge is -2.25. The highest BCUT2D eigenvalue weighted by molar-refractivity contribution is 6.43. The van der Waals surface area contributed by atoms with Crippen LogP contribution in [-0.4, -0.2) is 0 Å². The Hall–Kier alpha value is -8.60. The normalized spacial score (nSPS) is 12.1. The Labute approximate surface area is 367 Å². The summed E-state index contributed by atoms with van der Waals surface area (Å²) in [6.07, 6.45) is 0. The van der Waals surface area contributed by atoms with Crippen LogP contribution < -0.4 is 9.80 Å². The molecule has 4 nitrogen and oxygen atoms in total. The molecule has 64 heavy (non-hydrogen) atoms. The first-order chi connectivity index (χ1) is 31.7. The molecule has 2 aromatic heterocycles. The first-order valence-electron chi connectivity index (χ1n) is 21.8. The minimum Gasteiger partial charge on any atom is -0.455 e. The van der Waals surface area contributed by atoms with Gasteiger partial charge in [-0.15, -0.1) is 0 Å². The van der Waals surface area contributed by atoms with Crippen LogP contribution in [0.5, 0.6) is 0 Å². The Morgan fingerprint density at radius 3 is 1.06 bits per heavy atom. The smallest absolute Gasteiger partial charge is 0.143 e. The molecule has 0 aliphatic carbocycles. The van der Waals surface area contributed by atoms with Crippen molar-refractivity contribution in [3.8, 4) is 0 Å². The van der Waals surface area contributed by atoms with Gasteiger partial charge in [0.2, 0.25) is 0 Å². The number of benzene rings is 12. The molecule has 0 saturated heterocycles. The first kappa shape index (κ1) is 35.0. The van der Waals surface area contributed by atoms with E-state index in [4.69, 9.17) is 8.83 Å². The quantitative estimate of drug-likeness (QED) is 0.157. The van der Waals surface area contributed by atoms with Gasteiger partial charge in [-0.05, 0) is 105 Å². The highest BCUT2D eigenvalue weighted by Gasteiger charge is 2.25. The minimum absolute atomic E-state index is 0.849. The van der Waals surface area contributed by atoms with Gasteiger partial charge < -0.3 is 18.6 Å². The van der Waals surface area contributed by atoms with Gasteiger partial charge in [0, 0.05) is 89.3 Å². The standard InChI is InChI=1S/C60H36N2O2/c1-3-17-41(18-4-1)61(43-27-25-37-13-7-9-15-39(37)33-43)45-29-31-47-53(35-45)63-59-51-23-12-22-50-56(51)55-49(57(47)59)21-11-24-52(55)60-58(50)48-32-30-46(36-54(48)64-60)62(42-19-5-2-6-20-42)44-28-26-38-14-8-10-16-40(38)34-44/h1-36H. The third-order valence-electron chi connectivity index (χ3n) is 13.3. The van der Waals surface area contributed by atoms with Gasteiger partial charge in [-0.25, -0.2) is 0 Å². The van der Waals surface area contributed by atoms with Crippen LogP contribution in [0, 0.1) is 0 Å². The fourth-order valence-electron chi connectivity index (χ4n) is 10.5. The zero-order valence-electron chi connectivity index (χ0n) is 34.5.